The summed E-state index contributed by atoms with van der Waals surface area (Å²) in [5.74, 6) is 1.21. The van der Waals surface area contributed by atoms with Gasteiger partial charge in [-0.2, -0.15) is 0 Å². The van der Waals surface area contributed by atoms with Crippen LogP contribution in [0.4, 0.5) is 9.59 Å². The molecule has 0 aromatic heterocycles. The van der Waals surface area contributed by atoms with Crippen molar-refractivity contribution in [1.82, 2.24) is 20.4 Å². The van der Waals surface area contributed by atoms with Gasteiger partial charge in [0.1, 0.15) is 11.2 Å². The van der Waals surface area contributed by atoms with Crippen LogP contribution in [-0.2, 0) is 9.47 Å². The zero-order valence-corrected chi connectivity index (χ0v) is 19.6. The summed E-state index contributed by atoms with van der Waals surface area (Å²) in [6.07, 6.45) is 1.35. The van der Waals surface area contributed by atoms with E-state index in [1.54, 1.807) is 16.8 Å². The predicted molar refractivity (Wildman–Crippen MR) is 117 cm³/mol. The van der Waals surface area contributed by atoms with Gasteiger partial charge in [-0.25, -0.2) is 9.59 Å². The molecule has 0 aliphatic carbocycles. The van der Waals surface area contributed by atoms with E-state index in [9.17, 15) is 9.59 Å². The number of guanidine groups is 1. The first-order chi connectivity index (χ1) is 13.9. The van der Waals surface area contributed by atoms with E-state index in [0.717, 1.165) is 25.3 Å². The Kier molecular flexibility index (Phi) is 7.82. The molecule has 2 fully saturated rings. The zero-order chi connectivity index (χ0) is 22.5. The second-order valence-corrected chi connectivity index (χ2v) is 10.1. The normalized spacial score (nSPS) is 19.2. The number of likely N-dealkylation sites (tertiary alicyclic amines) is 2. The van der Waals surface area contributed by atoms with Crippen LogP contribution < -0.4 is 10.6 Å². The lowest BCUT2D eigenvalue weighted by Crippen LogP contribution is -2.63. The van der Waals surface area contributed by atoms with E-state index in [4.69, 9.17) is 9.47 Å². The Morgan fingerprint density at radius 2 is 1.43 bits per heavy atom. The first-order valence-corrected chi connectivity index (χ1v) is 10.8. The highest BCUT2D eigenvalue weighted by molar-refractivity contribution is 5.80. The smallest absolute Gasteiger partial charge is 0.410 e. The number of rotatable bonds is 3. The topological polar surface area (TPSA) is 95.5 Å². The average Bonchev–Trinajstić information content (AvgIpc) is 2.57. The molecule has 2 heterocycles. The number of hydrogen-bond acceptors (Lipinski definition) is 5. The summed E-state index contributed by atoms with van der Waals surface area (Å²) in [6.45, 7) is 14.7. The molecule has 2 aliphatic heterocycles. The molecular weight excluding hydrogens is 386 g/mol. The summed E-state index contributed by atoms with van der Waals surface area (Å²) < 4.78 is 10.8. The van der Waals surface area contributed by atoms with Gasteiger partial charge in [-0.3, -0.25) is 4.99 Å². The molecule has 9 heteroatoms. The van der Waals surface area contributed by atoms with Gasteiger partial charge in [-0.15, -0.1) is 0 Å². The molecule has 0 radical (unpaired) electrons. The lowest BCUT2D eigenvalue weighted by molar-refractivity contribution is 0.00698. The summed E-state index contributed by atoms with van der Waals surface area (Å²) >= 11 is 0. The highest BCUT2D eigenvalue weighted by Gasteiger charge is 2.34. The molecule has 2 rings (SSSR count). The fourth-order valence-corrected chi connectivity index (χ4v) is 3.32. The van der Waals surface area contributed by atoms with E-state index in [1.165, 1.54) is 0 Å². The molecule has 9 nitrogen and oxygen atoms in total. The van der Waals surface area contributed by atoms with Gasteiger partial charge in [0, 0.05) is 39.8 Å². The van der Waals surface area contributed by atoms with Gasteiger partial charge in [0.25, 0.3) is 0 Å². The molecule has 2 aliphatic rings. The predicted octanol–water partition coefficient (Wildman–Crippen LogP) is 2.42. The Morgan fingerprint density at radius 3 is 1.90 bits per heavy atom. The molecule has 0 aromatic rings. The van der Waals surface area contributed by atoms with Crippen LogP contribution in [0.25, 0.3) is 0 Å². The summed E-state index contributed by atoms with van der Waals surface area (Å²) in [6, 6.07) is 0.165. The van der Waals surface area contributed by atoms with Gasteiger partial charge in [-0.1, -0.05) is 0 Å². The van der Waals surface area contributed by atoms with E-state index in [2.05, 4.69) is 15.6 Å². The monoisotopic (exact) mass is 425 g/mol. The Bertz CT molecular complexity index is 624. The van der Waals surface area contributed by atoms with Crippen LogP contribution in [0.2, 0.25) is 0 Å². The second-order valence-electron chi connectivity index (χ2n) is 10.1. The lowest BCUT2D eigenvalue weighted by atomic mass is 9.97. The summed E-state index contributed by atoms with van der Waals surface area (Å²) in [7, 11) is 1.74. The summed E-state index contributed by atoms with van der Waals surface area (Å²) in [5, 5.41) is 6.72. The highest BCUT2D eigenvalue weighted by atomic mass is 16.6. The molecule has 0 aromatic carbocycles. The second kappa shape index (κ2) is 9.75. The molecule has 0 atom stereocenters. The third-order valence-corrected chi connectivity index (χ3v) is 4.92. The van der Waals surface area contributed by atoms with Crippen LogP contribution in [0.1, 0.15) is 54.4 Å². The number of carbonyl (C=O) groups is 2. The quantitative estimate of drug-likeness (QED) is 0.533. The van der Waals surface area contributed by atoms with E-state index >= 15 is 0 Å². The number of carbonyl (C=O) groups excluding carboxylic acids is 2. The molecule has 2 saturated heterocycles. The fourth-order valence-electron chi connectivity index (χ4n) is 3.32. The minimum absolute atomic E-state index is 0.165. The van der Waals surface area contributed by atoms with Gasteiger partial charge in [-0.05, 0) is 60.3 Å². The molecule has 0 bridgehead atoms. The lowest BCUT2D eigenvalue weighted by Gasteiger charge is -2.40. The van der Waals surface area contributed by atoms with Crippen molar-refractivity contribution in [3.05, 3.63) is 0 Å². The first kappa shape index (κ1) is 24.1. The Balaban J connectivity index is 1.65. The molecule has 2 N–H and O–H groups in total. The highest BCUT2D eigenvalue weighted by Crippen LogP contribution is 2.19. The first-order valence-electron chi connectivity index (χ1n) is 10.8. The van der Waals surface area contributed by atoms with Crippen molar-refractivity contribution >= 4 is 18.1 Å². The van der Waals surface area contributed by atoms with Gasteiger partial charge < -0.3 is 29.9 Å². The fraction of sp³-hybridized carbons (Fsp3) is 0.857. The standard InChI is InChI=1S/C21H39N5O4/c1-20(2,3)29-18(27)25-10-8-15(9-11-25)12-23-17(22-7)24-16-13-26(14-16)19(28)30-21(4,5)6/h15-16H,8-14H2,1-7H3,(H2,22,23,24). The van der Waals surface area contributed by atoms with Crippen molar-refractivity contribution in [2.75, 3.05) is 39.8 Å². The Morgan fingerprint density at radius 1 is 0.933 bits per heavy atom. The zero-order valence-electron chi connectivity index (χ0n) is 19.6. The molecular formula is C21H39N5O4. The minimum atomic E-state index is -0.480. The van der Waals surface area contributed by atoms with Crippen molar-refractivity contribution in [3.8, 4) is 0 Å². The minimum Gasteiger partial charge on any atom is -0.444 e. The maximum atomic E-state index is 12.2. The largest absolute Gasteiger partial charge is 0.444 e. The molecule has 30 heavy (non-hydrogen) atoms. The molecule has 0 unspecified atom stereocenters. The van der Waals surface area contributed by atoms with Crippen LogP contribution in [0.5, 0.6) is 0 Å². The van der Waals surface area contributed by atoms with Crippen molar-refractivity contribution in [2.24, 2.45) is 10.9 Å². The van der Waals surface area contributed by atoms with Crippen LogP contribution in [0, 0.1) is 5.92 Å². The van der Waals surface area contributed by atoms with E-state index in [0.29, 0.717) is 32.1 Å². The SMILES string of the molecule is CN=C(NCC1CCN(C(=O)OC(C)(C)C)CC1)NC1CN(C(=O)OC(C)(C)C)C1. The number of hydrogen-bond donors (Lipinski definition) is 2. The van der Waals surface area contributed by atoms with E-state index in [-0.39, 0.29) is 18.2 Å². The van der Waals surface area contributed by atoms with Crippen molar-refractivity contribution in [2.45, 2.75) is 71.6 Å². The molecule has 0 spiro atoms. The number of nitrogens with zero attached hydrogens (tertiary/aromatic N) is 3. The van der Waals surface area contributed by atoms with Crippen molar-refractivity contribution in [1.29, 1.82) is 0 Å². The van der Waals surface area contributed by atoms with Crippen LogP contribution in [-0.4, -0.2) is 85.0 Å². The number of piperidine rings is 1. The van der Waals surface area contributed by atoms with Crippen molar-refractivity contribution < 1.29 is 19.1 Å². The van der Waals surface area contributed by atoms with Gasteiger partial charge >= 0.3 is 12.2 Å². The van der Waals surface area contributed by atoms with Gasteiger partial charge in [0.2, 0.25) is 0 Å². The van der Waals surface area contributed by atoms with E-state index < -0.39 is 11.2 Å². The van der Waals surface area contributed by atoms with Crippen LogP contribution in [0.3, 0.4) is 0 Å². The molecule has 172 valence electrons. The maximum absolute atomic E-state index is 12.2. The number of aliphatic imine (C=N–C) groups is 1. The number of ether oxygens (including phenoxy) is 2. The van der Waals surface area contributed by atoms with Gasteiger partial charge in [0.05, 0.1) is 6.04 Å². The van der Waals surface area contributed by atoms with Gasteiger partial charge in [0.15, 0.2) is 5.96 Å². The Labute approximate surface area is 180 Å². The van der Waals surface area contributed by atoms with E-state index in [1.807, 2.05) is 41.5 Å². The van der Waals surface area contributed by atoms with Crippen molar-refractivity contribution in [3.63, 3.8) is 0 Å². The Hall–Kier alpha value is -2.19. The molecule has 2 amide bonds. The van der Waals surface area contributed by atoms with Crippen LogP contribution in [0.15, 0.2) is 4.99 Å². The number of amides is 2. The maximum Gasteiger partial charge on any atom is 0.410 e. The van der Waals surface area contributed by atoms with Crippen LogP contribution >= 0.6 is 0 Å². The third-order valence-electron chi connectivity index (χ3n) is 4.92. The summed E-state index contributed by atoms with van der Waals surface area (Å²) in [5.41, 5.74) is -0.944. The number of nitrogens with one attached hydrogen (secondary N) is 2. The molecule has 0 saturated carbocycles. The summed E-state index contributed by atoms with van der Waals surface area (Å²) in [4.78, 5) is 31.9. The average molecular weight is 426 g/mol. The third kappa shape index (κ3) is 7.91.